The first kappa shape index (κ1) is 22.3. The Kier molecular flexibility index (Phi) is 6.60. The fraction of sp³-hybridized carbons (Fsp3) is 0.174. The summed E-state index contributed by atoms with van der Waals surface area (Å²) in [6.07, 6.45) is 0. The molecule has 31 heavy (non-hydrogen) atoms. The standard InChI is InChI=1S/C23H23FN2O4S/c1-25(16-18-7-4-5-10-22(18)24)23(27)17-8-6-9-21(15-17)31(28,29)26(2)19-11-13-20(30-3)14-12-19/h4-15H,16H2,1-3H3. The first-order valence-corrected chi connectivity index (χ1v) is 10.9. The van der Waals surface area contributed by atoms with Crippen LogP contribution in [0, 0.1) is 5.82 Å². The molecule has 0 bridgehead atoms. The molecule has 3 aromatic rings. The van der Waals surface area contributed by atoms with Gasteiger partial charge in [-0.1, -0.05) is 24.3 Å². The van der Waals surface area contributed by atoms with E-state index in [9.17, 15) is 17.6 Å². The van der Waals surface area contributed by atoms with Gasteiger partial charge in [0.1, 0.15) is 11.6 Å². The van der Waals surface area contributed by atoms with E-state index in [2.05, 4.69) is 0 Å². The van der Waals surface area contributed by atoms with Gasteiger partial charge < -0.3 is 9.64 Å². The highest BCUT2D eigenvalue weighted by atomic mass is 32.2. The lowest BCUT2D eigenvalue weighted by molar-refractivity contribution is 0.0783. The van der Waals surface area contributed by atoms with E-state index < -0.39 is 21.7 Å². The summed E-state index contributed by atoms with van der Waals surface area (Å²) in [6, 6.07) is 18.6. The zero-order valence-corrected chi connectivity index (χ0v) is 18.3. The van der Waals surface area contributed by atoms with E-state index in [0.717, 1.165) is 4.31 Å². The number of rotatable bonds is 7. The molecule has 3 aromatic carbocycles. The number of amides is 1. The van der Waals surface area contributed by atoms with Crippen molar-refractivity contribution in [3.8, 4) is 5.75 Å². The van der Waals surface area contributed by atoms with Gasteiger partial charge in [0, 0.05) is 31.8 Å². The maximum atomic E-state index is 13.9. The van der Waals surface area contributed by atoms with E-state index in [-0.39, 0.29) is 17.0 Å². The summed E-state index contributed by atoms with van der Waals surface area (Å²) in [7, 11) is 0.613. The Balaban J connectivity index is 1.83. The third kappa shape index (κ3) is 4.86. The minimum absolute atomic E-state index is 0.0176. The van der Waals surface area contributed by atoms with E-state index in [4.69, 9.17) is 4.74 Å². The van der Waals surface area contributed by atoms with Gasteiger partial charge in [-0.05, 0) is 48.5 Å². The normalized spacial score (nSPS) is 11.1. The molecule has 0 heterocycles. The van der Waals surface area contributed by atoms with E-state index in [1.807, 2.05) is 0 Å². The molecule has 0 fully saturated rings. The molecule has 0 aliphatic heterocycles. The largest absolute Gasteiger partial charge is 0.497 e. The van der Waals surface area contributed by atoms with E-state index in [0.29, 0.717) is 17.0 Å². The molecule has 0 saturated carbocycles. The van der Waals surface area contributed by atoms with Crippen LogP contribution in [0.25, 0.3) is 0 Å². The van der Waals surface area contributed by atoms with Crippen LogP contribution in [0.4, 0.5) is 10.1 Å². The number of nitrogens with zero attached hydrogens (tertiary/aromatic N) is 2. The van der Waals surface area contributed by atoms with Gasteiger partial charge in [0.2, 0.25) is 0 Å². The minimum Gasteiger partial charge on any atom is -0.497 e. The van der Waals surface area contributed by atoms with Crippen LogP contribution >= 0.6 is 0 Å². The van der Waals surface area contributed by atoms with E-state index in [1.165, 1.54) is 49.4 Å². The van der Waals surface area contributed by atoms with Crippen LogP contribution in [-0.4, -0.2) is 40.4 Å². The summed E-state index contributed by atoms with van der Waals surface area (Å²) in [4.78, 5) is 14.2. The third-order valence-corrected chi connectivity index (χ3v) is 6.67. The van der Waals surface area contributed by atoms with Crippen molar-refractivity contribution in [3.63, 3.8) is 0 Å². The number of halogens is 1. The molecule has 0 aliphatic carbocycles. The van der Waals surface area contributed by atoms with Crippen LogP contribution in [0.2, 0.25) is 0 Å². The molecule has 0 saturated heterocycles. The number of carbonyl (C=O) groups excluding carboxylic acids is 1. The second-order valence-corrected chi connectivity index (χ2v) is 8.92. The lowest BCUT2D eigenvalue weighted by atomic mass is 10.1. The Morgan fingerprint density at radius 1 is 0.968 bits per heavy atom. The molecule has 0 radical (unpaired) electrons. The van der Waals surface area contributed by atoms with Crippen molar-refractivity contribution in [2.24, 2.45) is 0 Å². The third-order valence-electron chi connectivity index (χ3n) is 4.89. The second kappa shape index (κ2) is 9.18. The smallest absolute Gasteiger partial charge is 0.264 e. The van der Waals surface area contributed by atoms with Crippen LogP contribution in [0.15, 0.2) is 77.7 Å². The highest BCUT2D eigenvalue weighted by molar-refractivity contribution is 7.92. The number of hydrogen-bond donors (Lipinski definition) is 0. The number of anilines is 1. The summed E-state index contributed by atoms with van der Waals surface area (Å²) in [5, 5.41) is 0. The van der Waals surface area contributed by atoms with Gasteiger partial charge in [0.25, 0.3) is 15.9 Å². The second-order valence-electron chi connectivity index (χ2n) is 6.95. The van der Waals surface area contributed by atoms with Gasteiger partial charge in [0.15, 0.2) is 0 Å². The van der Waals surface area contributed by atoms with Crippen molar-refractivity contribution in [1.29, 1.82) is 0 Å². The first-order chi connectivity index (χ1) is 14.7. The lowest BCUT2D eigenvalue weighted by Crippen LogP contribution is -2.28. The van der Waals surface area contributed by atoms with E-state index >= 15 is 0 Å². The minimum atomic E-state index is -3.90. The molecular weight excluding hydrogens is 419 g/mol. The Hall–Kier alpha value is -3.39. The number of benzene rings is 3. The Bertz CT molecular complexity index is 1180. The monoisotopic (exact) mass is 442 g/mol. The number of carbonyl (C=O) groups is 1. The van der Waals surface area contributed by atoms with Crippen molar-refractivity contribution in [2.45, 2.75) is 11.4 Å². The molecule has 6 nitrogen and oxygen atoms in total. The fourth-order valence-electron chi connectivity index (χ4n) is 3.05. The van der Waals surface area contributed by atoms with Crippen molar-refractivity contribution in [1.82, 2.24) is 4.90 Å². The molecule has 0 aliphatic rings. The zero-order valence-electron chi connectivity index (χ0n) is 17.4. The Morgan fingerprint density at radius 2 is 1.65 bits per heavy atom. The fourth-order valence-corrected chi connectivity index (χ4v) is 4.29. The average molecular weight is 443 g/mol. The average Bonchev–Trinajstić information content (AvgIpc) is 2.79. The topological polar surface area (TPSA) is 66.9 Å². The predicted octanol–water partition coefficient (Wildman–Crippen LogP) is 3.93. The lowest BCUT2D eigenvalue weighted by Gasteiger charge is -2.21. The van der Waals surface area contributed by atoms with Gasteiger partial charge in [-0.25, -0.2) is 12.8 Å². The van der Waals surface area contributed by atoms with Gasteiger partial charge >= 0.3 is 0 Å². The van der Waals surface area contributed by atoms with Gasteiger partial charge in [-0.15, -0.1) is 0 Å². The molecular formula is C23H23FN2O4S. The summed E-state index contributed by atoms with van der Waals surface area (Å²) < 4.78 is 46.3. The highest BCUT2D eigenvalue weighted by Crippen LogP contribution is 2.25. The summed E-state index contributed by atoms with van der Waals surface area (Å²) in [6.45, 7) is 0.0637. The Labute approximate surface area is 181 Å². The van der Waals surface area contributed by atoms with Crippen LogP contribution in [0.3, 0.4) is 0 Å². The highest BCUT2D eigenvalue weighted by Gasteiger charge is 2.23. The molecule has 3 rings (SSSR count). The van der Waals surface area contributed by atoms with Gasteiger partial charge in [-0.2, -0.15) is 0 Å². The molecule has 1 amide bonds. The summed E-state index contributed by atoms with van der Waals surface area (Å²) in [5.74, 6) is -0.202. The molecule has 0 spiro atoms. The molecule has 0 atom stereocenters. The zero-order chi connectivity index (χ0) is 22.6. The summed E-state index contributed by atoms with van der Waals surface area (Å²) >= 11 is 0. The number of sulfonamides is 1. The van der Waals surface area contributed by atoms with E-state index in [1.54, 1.807) is 49.5 Å². The van der Waals surface area contributed by atoms with Crippen molar-refractivity contribution in [2.75, 3.05) is 25.5 Å². The SMILES string of the molecule is COc1ccc(N(C)S(=O)(=O)c2cccc(C(=O)N(C)Cc3ccccc3F)c2)cc1. The molecule has 0 aromatic heterocycles. The maximum absolute atomic E-state index is 13.9. The first-order valence-electron chi connectivity index (χ1n) is 9.46. The molecule has 162 valence electrons. The molecule has 8 heteroatoms. The quantitative estimate of drug-likeness (QED) is 0.556. The molecule has 0 N–H and O–H groups in total. The maximum Gasteiger partial charge on any atom is 0.264 e. The molecule has 0 unspecified atom stereocenters. The van der Waals surface area contributed by atoms with Crippen molar-refractivity contribution in [3.05, 3.63) is 89.7 Å². The van der Waals surface area contributed by atoms with Crippen molar-refractivity contribution < 1.29 is 22.3 Å². The predicted molar refractivity (Wildman–Crippen MR) is 117 cm³/mol. The van der Waals surface area contributed by atoms with Crippen LogP contribution in [0.5, 0.6) is 5.75 Å². The summed E-state index contributed by atoms with van der Waals surface area (Å²) in [5.41, 5.74) is 1.03. The van der Waals surface area contributed by atoms with Crippen molar-refractivity contribution >= 4 is 21.6 Å². The number of methoxy groups -OCH3 is 1. The number of ether oxygens (including phenoxy) is 1. The Morgan fingerprint density at radius 3 is 2.29 bits per heavy atom. The van der Waals surface area contributed by atoms with Crippen LogP contribution < -0.4 is 9.04 Å². The number of hydrogen-bond acceptors (Lipinski definition) is 4. The van der Waals surface area contributed by atoms with Crippen LogP contribution in [0.1, 0.15) is 15.9 Å². The van der Waals surface area contributed by atoms with Crippen LogP contribution in [-0.2, 0) is 16.6 Å². The van der Waals surface area contributed by atoms with Gasteiger partial charge in [0.05, 0.1) is 17.7 Å². The van der Waals surface area contributed by atoms with Gasteiger partial charge in [-0.3, -0.25) is 9.10 Å².